The van der Waals surface area contributed by atoms with E-state index in [4.69, 9.17) is 84.3 Å². The molecule has 0 aliphatic rings. The molecular formula is C43H81O21PS. The minimum absolute atomic E-state index is 0.0673. The molecule has 0 aromatic heterocycles. The molecule has 0 fully saturated rings. The molecule has 1 rings (SSSR count). The molecule has 66 heavy (non-hydrogen) atoms. The predicted octanol–water partition coefficient (Wildman–Crippen LogP) is 3.22. The van der Waals surface area contributed by atoms with E-state index in [1.54, 1.807) is 26.0 Å². The van der Waals surface area contributed by atoms with E-state index in [-0.39, 0.29) is 30.9 Å². The van der Waals surface area contributed by atoms with E-state index in [1.807, 2.05) is 6.92 Å². The van der Waals surface area contributed by atoms with Gasteiger partial charge in [0.05, 0.1) is 229 Å². The van der Waals surface area contributed by atoms with Crippen LogP contribution in [0.15, 0.2) is 29.2 Å². The summed E-state index contributed by atoms with van der Waals surface area (Å²) in [6.45, 7) is 19.1. The summed E-state index contributed by atoms with van der Waals surface area (Å²) in [5, 5.41) is 0. The Bertz CT molecular complexity index is 1310. The molecule has 390 valence electrons. The molecule has 0 N–H and O–H groups in total. The molecule has 0 aliphatic heterocycles. The molecule has 0 atom stereocenters. The van der Waals surface area contributed by atoms with Crippen LogP contribution in [-0.4, -0.2) is 233 Å². The molecular weight excluding hydrogens is 915 g/mol. The van der Waals surface area contributed by atoms with Crippen LogP contribution in [0, 0.1) is 6.92 Å². The summed E-state index contributed by atoms with van der Waals surface area (Å²) in [4.78, 5) is 0.122. The van der Waals surface area contributed by atoms with Gasteiger partial charge in [-0.2, -0.15) is 8.42 Å². The molecule has 0 saturated heterocycles. The van der Waals surface area contributed by atoms with Crippen LogP contribution in [-0.2, 0) is 99.0 Å². The summed E-state index contributed by atoms with van der Waals surface area (Å²) in [7, 11) is -6.85. The normalized spacial score (nSPS) is 12.2. The molecule has 0 radical (unpaired) electrons. The number of ether oxygens (including phenoxy) is 15. The third-order valence-electron chi connectivity index (χ3n) is 8.15. The molecule has 0 spiro atoms. The van der Waals surface area contributed by atoms with Crippen LogP contribution in [0.2, 0.25) is 0 Å². The zero-order valence-corrected chi connectivity index (χ0v) is 41.5. The Balaban J connectivity index is 1.65. The summed E-state index contributed by atoms with van der Waals surface area (Å²) < 4.78 is 134. The van der Waals surface area contributed by atoms with Crippen molar-refractivity contribution in [3.05, 3.63) is 29.8 Å². The third-order valence-corrected chi connectivity index (χ3v) is 11.5. The molecule has 0 aliphatic carbocycles. The van der Waals surface area contributed by atoms with Gasteiger partial charge >= 0.3 is 7.60 Å². The van der Waals surface area contributed by atoms with Gasteiger partial charge in [-0.15, -0.1) is 0 Å². The van der Waals surface area contributed by atoms with Crippen LogP contribution >= 0.6 is 7.60 Å². The first-order chi connectivity index (χ1) is 32.3. The highest BCUT2D eigenvalue weighted by Crippen LogP contribution is 2.47. The molecule has 1 aromatic carbocycles. The van der Waals surface area contributed by atoms with Gasteiger partial charge in [-0.05, 0) is 32.9 Å². The van der Waals surface area contributed by atoms with Crippen molar-refractivity contribution in [1.29, 1.82) is 0 Å². The fourth-order valence-corrected chi connectivity index (χ4v) is 7.26. The summed E-state index contributed by atoms with van der Waals surface area (Å²) in [6, 6.07) is 6.47. The van der Waals surface area contributed by atoms with Gasteiger partial charge in [0.25, 0.3) is 10.1 Å². The lowest BCUT2D eigenvalue weighted by molar-refractivity contribution is -0.0300. The zero-order valence-electron chi connectivity index (χ0n) is 39.8. The van der Waals surface area contributed by atoms with Gasteiger partial charge in [0, 0.05) is 0 Å². The topological polar surface area (TPSA) is 217 Å². The van der Waals surface area contributed by atoms with Crippen molar-refractivity contribution in [3.63, 3.8) is 0 Å². The van der Waals surface area contributed by atoms with Gasteiger partial charge in [0.2, 0.25) is 0 Å². The average molecular weight is 997 g/mol. The average Bonchev–Trinajstić information content (AvgIpc) is 3.30. The fourth-order valence-electron chi connectivity index (χ4n) is 4.89. The Morgan fingerprint density at radius 3 is 0.788 bits per heavy atom. The number of benzene rings is 1. The van der Waals surface area contributed by atoms with E-state index in [1.165, 1.54) is 12.1 Å². The van der Waals surface area contributed by atoms with Crippen LogP contribution in [0.5, 0.6) is 0 Å². The molecule has 0 bridgehead atoms. The maximum atomic E-state index is 12.3. The zero-order chi connectivity index (χ0) is 47.8. The molecule has 1 aromatic rings. The number of aryl methyl sites for hydroxylation is 1. The smallest absolute Gasteiger partial charge is 0.332 e. The Labute approximate surface area is 393 Å². The van der Waals surface area contributed by atoms with Gasteiger partial charge in [-0.1, -0.05) is 17.7 Å². The first kappa shape index (κ1) is 62.7. The first-order valence-electron chi connectivity index (χ1n) is 22.8. The van der Waals surface area contributed by atoms with Crippen LogP contribution in [0.4, 0.5) is 0 Å². The molecule has 0 unspecified atom stereocenters. The minimum atomic E-state index is -3.79. The maximum absolute atomic E-state index is 12.3. The highest BCUT2D eigenvalue weighted by Gasteiger charge is 2.22. The first-order valence-corrected chi connectivity index (χ1v) is 26.0. The molecule has 0 heterocycles. The fraction of sp³-hybridized carbons (Fsp3) is 0.860. The SMILES string of the molecule is CCOP(=O)(CCOCCOCCOCCOCCOCCOCCOCCOCCOCCOCCOCCOCCOCCOCCOCCOS(=O)(=O)c1ccc(C)cc1)OCC. The summed E-state index contributed by atoms with van der Waals surface area (Å²) in [5.41, 5.74) is 0.970. The predicted molar refractivity (Wildman–Crippen MR) is 242 cm³/mol. The van der Waals surface area contributed by atoms with Gasteiger partial charge < -0.3 is 80.1 Å². The monoisotopic (exact) mass is 996 g/mol. The summed E-state index contributed by atoms with van der Waals surface area (Å²) >= 11 is 0. The van der Waals surface area contributed by atoms with Crippen LogP contribution in [0.25, 0.3) is 0 Å². The van der Waals surface area contributed by atoms with E-state index in [9.17, 15) is 13.0 Å². The van der Waals surface area contributed by atoms with E-state index in [0.717, 1.165) is 5.56 Å². The van der Waals surface area contributed by atoms with Crippen LogP contribution in [0.1, 0.15) is 19.4 Å². The molecule has 23 heteroatoms. The second-order valence-corrected chi connectivity index (χ2v) is 17.2. The van der Waals surface area contributed by atoms with E-state index < -0.39 is 17.7 Å². The lowest BCUT2D eigenvalue weighted by Gasteiger charge is -2.16. The van der Waals surface area contributed by atoms with Crippen molar-refractivity contribution in [2.24, 2.45) is 0 Å². The van der Waals surface area contributed by atoms with Gasteiger partial charge in [-0.3, -0.25) is 8.75 Å². The highest BCUT2D eigenvalue weighted by molar-refractivity contribution is 7.86. The van der Waals surface area contributed by atoms with Crippen molar-refractivity contribution >= 4 is 17.7 Å². The lowest BCUT2D eigenvalue weighted by atomic mass is 10.2. The summed E-state index contributed by atoms with van der Waals surface area (Å²) in [6.07, 6.45) is 0.221. The third kappa shape index (κ3) is 41.6. The Kier molecular flexibility index (Phi) is 45.0. The maximum Gasteiger partial charge on any atom is 0.332 e. The number of rotatable bonds is 54. The quantitative estimate of drug-likeness (QED) is 0.0520. The number of hydrogen-bond donors (Lipinski definition) is 0. The van der Waals surface area contributed by atoms with Crippen molar-refractivity contribution in [3.8, 4) is 0 Å². The van der Waals surface area contributed by atoms with E-state index >= 15 is 0 Å². The van der Waals surface area contributed by atoms with Crippen molar-refractivity contribution in [1.82, 2.24) is 0 Å². The largest absolute Gasteiger partial charge is 0.378 e. The molecule has 0 saturated carbocycles. The lowest BCUT2D eigenvalue weighted by Crippen LogP contribution is -2.16. The van der Waals surface area contributed by atoms with Crippen LogP contribution in [0.3, 0.4) is 0 Å². The van der Waals surface area contributed by atoms with E-state index in [2.05, 4.69) is 0 Å². The standard InChI is InChI=1S/C43H81O21PS/c1-4-62-65(44,63-5-2)41-40-61-37-36-59-33-32-57-29-28-55-25-24-53-21-20-51-17-16-49-13-12-47-10-11-48-14-15-50-18-19-52-22-23-54-26-27-56-30-31-58-34-35-60-38-39-64-66(45,46)43-8-6-42(3)7-9-43/h6-9H,4-5,10-41H2,1-3H3. The van der Waals surface area contributed by atoms with Crippen molar-refractivity contribution < 1.29 is 97.3 Å². The van der Waals surface area contributed by atoms with Crippen molar-refractivity contribution in [2.45, 2.75) is 25.7 Å². The van der Waals surface area contributed by atoms with Gasteiger partial charge in [-0.25, -0.2) is 0 Å². The van der Waals surface area contributed by atoms with Gasteiger partial charge in [0.15, 0.2) is 0 Å². The van der Waals surface area contributed by atoms with Gasteiger partial charge in [0.1, 0.15) is 0 Å². The van der Waals surface area contributed by atoms with Crippen molar-refractivity contribution in [2.75, 3.05) is 224 Å². The summed E-state index contributed by atoms with van der Waals surface area (Å²) in [5.74, 6) is 0. The second kappa shape index (κ2) is 47.4. The molecule has 21 nitrogen and oxygen atoms in total. The van der Waals surface area contributed by atoms with Crippen LogP contribution < -0.4 is 0 Å². The Morgan fingerprint density at radius 2 is 0.561 bits per heavy atom. The Morgan fingerprint density at radius 1 is 0.348 bits per heavy atom. The number of hydrogen-bond acceptors (Lipinski definition) is 21. The minimum Gasteiger partial charge on any atom is -0.378 e. The Hall–Kier alpha value is -1.32. The molecule has 0 amide bonds. The second-order valence-electron chi connectivity index (χ2n) is 13.4. The highest BCUT2D eigenvalue weighted by atomic mass is 32.2. The van der Waals surface area contributed by atoms with E-state index in [0.29, 0.717) is 198 Å².